The maximum absolute atomic E-state index is 11.0. The van der Waals surface area contributed by atoms with Crippen LogP contribution >= 0.6 is 11.8 Å². The van der Waals surface area contributed by atoms with Gasteiger partial charge >= 0.3 is 5.97 Å². The van der Waals surface area contributed by atoms with Crippen LogP contribution < -0.4 is 5.32 Å². The molecule has 0 unspecified atom stereocenters. The van der Waals surface area contributed by atoms with Gasteiger partial charge in [0.1, 0.15) is 11.9 Å². The van der Waals surface area contributed by atoms with Crippen molar-refractivity contribution >= 4 is 17.7 Å². The predicted molar refractivity (Wildman–Crippen MR) is 72.7 cm³/mol. The fourth-order valence-electron chi connectivity index (χ4n) is 1.44. The molecule has 2 N–H and O–H groups in total. The van der Waals surface area contributed by atoms with Crippen molar-refractivity contribution in [1.29, 1.82) is 0 Å². The molecular formula is C12H19N3O2S. The summed E-state index contributed by atoms with van der Waals surface area (Å²) in [6.45, 7) is 2.48. The summed E-state index contributed by atoms with van der Waals surface area (Å²) in [5, 5.41) is 12.1. The summed E-state index contributed by atoms with van der Waals surface area (Å²) in [6.07, 6.45) is 6.87. The van der Waals surface area contributed by atoms with E-state index in [1.807, 2.05) is 13.2 Å². The van der Waals surface area contributed by atoms with Crippen molar-refractivity contribution in [2.75, 3.05) is 12.0 Å². The summed E-state index contributed by atoms with van der Waals surface area (Å²) < 4.78 is 0. The van der Waals surface area contributed by atoms with Gasteiger partial charge in [0.25, 0.3) is 0 Å². The molecule has 0 saturated heterocycles. The van der Waals surface area contributed by atoms with Gasteiger partial charge in [-0.2, -0.15) is 11.8 Å². The maximum atomic E-state index is 11.0. The maximum Gasteiger partial charge on any atom is 0.320 e. The summed E-state index contributed by atoms with van der Waals surface area (Å²) in [5.74, 6) is 0.820. The van der Waals surface area contributed by atoms with Gasteiger partial charge in [0.2, 0.25) is 0 Å². The van der Waals surface area contributed by atoms with Crippen LogP contribution in [0.25, 0.3) is 0 Å². The lowest BCUT2D eigenvalue weighted by molar-refractivity contribution is -0.139. The lowest BCUT2D eigenvalue weighted by Crippen LogP contribution is -2.36. The van der Waals surface area contributed by atoms with Gasteiger partial charge in [-0.05, 0) is 18.4 Å². The first-order chi connectivity index (χ1) is 8.67. The molecule has 0 fully saturated rings. The zero-order valence-electron chi connectivity index (χ0n) is 10.7. The Morgan fingerprint density at radius 1 is 1.50 bits per heavy atom. The summed E-state index contributed by atoms with van der Waals surface area (Å²) >= 11 is 1.65. The van der Waals surface area contributed by atoms with Crippen molar-refractivity contribution in [3.8, 4) is 0 Å². The molecule has 0 aliphatic carbocycles. The molecule has 5 nitrogen and oxygen atoms in total. The summed E-state index contributed by atoms with van der Waals surface area (Å²) in [4.78, 5) is 19.4. The largest absolute Gasteiger partial charge is 0.480 e. The molecule has 0 spiro atoms. The minimum atomic E-state index is -0.810. The number of hydrogen-bond donors (Lipinski definition) is 2. The highest BCUT2D eigenvalue weighted by molar-refractivity contribution is 7.98. The van der Waals surface area contributed by atoms with Gasteiger partial charge in [-0.1, -0.05) is 6.92 Å². The highest BCUT2D eigenvalue weighted by atomic mass is 32.2. The van der Waals surface area contributed by atoms with Crippen LogP contribution in [0, 0.1) is 0 Å². The second-order valence-electron chi connectivity index (χ2n) is 3.91. The van der Waals surface area contributed by atoms with Crippen LogP contribution in [0.1, 0.15) is 24.7 Å². The van der Waals surface area contributed by atoms with E-state index in [0.717, 1.165) is 23.6 Å². The minimum absolute atomic E-state index is 0.481. The number of hydrogen-bond acceptors (Lipinski definition) is 5. The van der Waals surface area contributed by atoms with Gasteiger partial charge < -0.3 is 10.4 Å². The van der Waals surface area contributed by atoms with Gasteiger partial charge in [0.15, 0.2) is 0 Å². The Morgan fingerprint density at radius 2 is 2.17 bits per heavy atom. The fraction of sp³-hybridized carbons (Fsp3) is 0.583. The Balaban J connectivity index is 2.47. The molecule has 0 aliphatic heterocycles. The molecule has 18 heavy (non-hydrogen) atoms. The second kappa shape index (κ2) is 8.05. The Kier molecular flexibility index (Phi) is 6.67. The zero-order valence-corrected chi connectivity index (χ0v) is 11.5. The normalized spacial score (nSPS) is 12.3. The van der Waals surface area contributed by atoms with Gasteiger partial charge in [0.05, 0.1) is 0 Å². The highest BCUT2D eigenvalue weighted by Gasteiger charge is 2.15. The first-order valence-electron chi connectivity index (χ1n) is 5.92. The molecule has 0 radical (unpaired) electrons. The first-order valence-corrected chi connectivity index (χ1v) is 7.31. The standard InChI is InChI=1S/C12H19N3O2S/c1-3-11-14-7-9(8-15-11)6-13-10(12(16)17)4-5-18-2/h7-8,10,13H,3-6H2,1-2H3,(H,16,17)/t10-/m0/s1. The number of aromatic nitrogens is 2. The molecule has 1 heterocycles. The van der Waals surface area contributed by atoms with E-state index < -0.39 is 12.0 Å². The number of aliphatic carboxylic acids is 1. The van der Waals surface area contributed by atoms with E-state index in [4.69, 9.17) is 5.11 Å². The molecule has 1 aromatic rings. The average Bonchev–Trinajstić information content (AvgIpc) is 2.39. The molecule has 0 saturated carbocycles. The number of aryl methyl sites for hydroxylation is 1. The molecule has 6 heteroatoms. The molecule has 0 aliphatic rings. The van der Waals surface area contributed by atoms with E-state index in [1.165, 1.54) is 0 Å². The van der Waals surface area contributed by atoms with Gasteiger partial charge in [-0.3, -0.25) is 4.79 Å². The Hall–Kier alpha value is -1.14. The molecule has 1 rings (SSSR count). The molecule has 1 aromatic heterocycles. The van der Waals surface area contributed by atoms with Crippen molar-refractivity contribution < 1.29 is 9.90 Å². The van der Waals surface area contributed by atoms with Crippen LogP contribution in [0.5, 0.6) is 0 Å². The van der Waals surface area contributed by atoms with Crippen LogP contribution in [-0.2, 0) is 17.8 Å². The number of nitrogens with one attached hydrogen (secondary N) is 1. The lowest BCUT2D eigenvalue weighted by atomic mass is 10.2. The number of carbonyl (C=O) groups is 1. The SMILES string of the molecule is CCc1ncc(CN[C@@H](CCSC)C(=O)O)cn1. The summed E-state index contributed by atoms with van der Waals surface area (Å²) in [6, 6.07) is -0.511. The van der Waals surface area contributed by atoms with Crippen LogP contribution in [-0.4, -0.2) is 39.1 Å². The van der Waals surface area contributed by atoms with Crippen molar-refractivity contribution in [1.82, 2.24) is 15.3 Å². The van der Waals surface area contributed by atoms with Crippen LogP contribution in [0.15, 0.2) is 12.4 Å². The molecule has 0 bridgehead atoms. The van der Waals surface area contributed by atoms with E-state index >= 15 is 0 Å². The third-order valence-corrected chi connectivity index (χ3v) is 3.18. The monoisotopic (exact) mass is 269 g/mol. The smallest absolute Gasteiger partial charge is 0.320 e. The minimum Gasteiger partial charge on any atom is -0.480 e. The highest BCUT2D eigenvalue weighted by Crippen LogP contribution is 2.03. The van der Waals surface area contributed by atoms with Crippen molar-refractivity contribution in [3.05, 3.63) is 23.8 Å². The fourth-order valence-corrected chi connectivity index (χ4v) is 1.92. The summed E-state index contributed by atoms with van der Waals surface area (Å²) in [5.41, 5.74) is 0.905. The van der Waals surface area contributed by atoms with Crippen molar-refractivity contribution in [2.24, 2.45) is 0 Å². The number of thioether (sulfide) groups is 1. The molecular weight excluding hydrogens is 250 g/mol. The molecule has 1 atom stereocenters. The third-order valence-electron chi connectivity index (χ3n) is 2.54. The quantitative estimate of drug-likeness (QED) is 0.741. The zero-order chi connectivity index (χ0) is 13.4. The van der Waals surface area contributed by atoms with Crippen LogP contribution in [0.4, 0.5) is 0 Å². The third kappa shape index (κ3) is 5.01. The van der Waals surface area contributed by atoms with E-state index in [0.29, 0.717) is 13.0 Å². The van der Waals surface area contributed by atoms with Crippen molar-refractivity contribution in [3.63, 3.8) is 0 Å². The van der Waals surface area contributed by atoms with Crippen LogP contribution in [0.2, 0.25) is 0 Å². The van der Waals surface area contributed by atoms with Gasteiger partial charge in [-0.25, -0.2) is 9.97 Å². The molecule has 0 amide bonds. The van der Waals surface area contributed by atoms with Crippen molar-refractivity contribution in [2.45, 2.75) is 32.4 Å². The number of carboxylic acids is 1. The first kappa shape index (κ1) is 14.9. The van der Waals surface area contributed by atoms with E-state index in [9.17, 15) is 4.79 Å². The Bertz CT molecular complexity index is 370. The summed E-state index contributed by atoms with van der Waals surface area (Å²) in [7, 11) is 0. The second-order valence-corrected chi connectivity index (χ2v) is 4.90. The molecule has 0 aromatic carbocycles. The topological polar surface area (TPSA) is 75.1 Å². The van der Waals surface area contributed by atoms with E-state index in [1.54, 1.807) is 24.2 Å². The predicted octanol–water partition coefficient (Wildman–Crippen LogP) is 1.33. The van der Waals surface area contributed by atoms with Crippen LogP contribution in [0.3, 0.4) is 0 Å². The number of nitrogens with zero attached hydrogens (tertiary/aromatic N) is 2. The van der Waals surface area contributed by atoms with E-state index in [2.05, 4.69) is 15.3 Å². The van der Waals surface area contributed by atoms with Gasteiger partial charge in [0, 0.05) is 30.9 Å². The Labute approximate surface area is 111 Å². The Morgan fingerprint density at radius 3 is 2.67 bits per heavy atom. The lowest BCUT2D eigenvalue weighted by Gasteiger charge is -2.13. The molecule has 100 valence electrons. The number of rotatable bonds is 8. The number of carboxylic acid groups (broad SMARTS) is 1. The van der Waals surface area contributed by atoms with E-state index in [-0.39, 0.29) is 0 Å². The van der Waals surface area contributed by atoms with Gasteiger partial charge in [-0.15, -0.1) is 0 Å². The average molecular weight is 269 g/mol.